The van der Waals surface area contributed by atoms with Gasteiger partial charge in [-0.3, -0.25) is 9.59 Å². The van der Waals surface area contributed by atoms with Gasteiger partial charge in [-0.2, -0.15) is 0 Å². The summed E-state index contributed by atoms with van der Waals surface area (Å²) in [7, 11) is 5.46. The fourth-order valence-corrected chi connectivity index (χ4v) is 2.87. The van der Waals surface area contributed by atoms with Gasteiger partial charge in [0.25, 0.3) is 0 Å². The van der Waals surface area contributed by atoms with Crippen LogP contribution in [-0.4, -0.2) is 65.8 Å². The molecule has 0 bridgehead atoms. The molecule has 1 aromatic rings. The third-order valence-electron chi connectivity index (χ3n) is 4.34. The lowest BCUT2D eigenvalue weighted by Gasteiger charge is -2.32. The minimum atomic E-state index is -0.617. The zero-order valence-corrected chi connectivity index (χ0v) is 14.6. The molecule has 24 heavy (non-hydrogen) atoms. The first-order valence-electron chi connectivity index (χ1n) is 8.22. The van der Waals surface area contributed by atoms with Crippen LogP contribution in [0.3, 0.4) is 0 Å². The first-order chi connectivity index (χ1) is 11.5. The number of nitrogens with zero attached hydrogens (tertiary/aromatic N) is 1. The molecule has 132 valence electrons. The third-order valence-corrected chi connectivity index (χ3v) is 4.34. The predicted octanol–water partition coefficient (Wildman–Crippen LogP) is -1.43. The number of nitrogens with one attached hydrogen (secondary N) is 3. The SMILES string of the molecule is CNC(=O)C(=O)NC[C@H](c1ccc(N(C)C)cc1)[NH+]1CCOCC1. The molecule has 2 amide bonds. The molecule has 0 aliphatic carbocycles. The molecular formula is C17H27N4O3+. The molecule has 0 radical (unpaired) electrons. The quantitative estimate of drug-likeness (QED) is 0.577. The lowest BCUT2D eigenvalue weighted by Crippen LogP contribution is -3.15. The van der Waals surface area contributed by atoms with Crippen molar-refractivity contribution in [2.45, 2.75) is 6.04 Å². The smallest absolute Gasteiger partial charge is 0.309 e. The molecule has 0 spiro atoms. The summed E-state index contributed by atoms with van der Waals surface area (Å²) in [5.41, 5.74) is 2.28. The van der Waals surface area contributed by atoms with Gasteiger partial charge in [0.2, 0.25) is 0 Å². The molecule has 2 rings (SSSR count). The van der Waals surface area contributed by atoms with E-state index >= 15 is 0 Å². The van der Waals surface area contributed by atoms with E-state index in [0.29, 0.717) is 19.8 Å². The summed E-state index contributed by atoms with van der Waals surface area (Å²) in [6.07, 6.45) is 0. The van der Waals surface area contributed by atoms with Crippen LogP contribution < -0.4 is 20.4 Å². The number of carbonyl (C=O) groups excluding carboxylic acids is 2. The number of morpholine rings is 1. The van der Waals surface area contributed by atoms with Crippen molar-refractivity contribution in [2.75, 3.05) is 58.9 Å². The largest absolute Gasteiger partial charge is 0.378 e. The molecule has 1 aromatic carbocycles. The molecule has 1 aliphatic rings. The maximum absolute atomic E-state index is 11.8. The second-order valence-corrected chi connectivity index (χ2v) is 6.10. The Balaban J connectivity index is 2.12. The van der Waals surface area contributed by atoms with Gasteiger partial charge in [0.05, 0.1) is 19.8 Å². The summed E-state index contributed by atoms with van der Waals surface area (Å²) in [6.45, 7) is 3.62. The number of amides is 2. The minimum absolute atomic E-state index is 0.0960. The van der Waals surface area contributed by atoms with E-state index in [4.69, 9.17) is 4.74 Å². The van der Waals surface area contributed by atoms with E-state index in [1.807, 2.05) is 19.0 Å². The topological polar surface area (TPSA) is 75.1 Å². The summed E-state index contributed by atoms with van der Waals surface area (Å²) in [6, 6.07) is 8.42. The van der Waals surface area contributed by atoms with Gasteiger partial charge < -0.3 is 25.2 Å². The average molecular weight is 335 g/mol. The standard InChI is InChI=1S/C17H26N4O3/c1-18-16(22)17(23)19-12-15(21-8-10-24-11-9-21)13-4-6-14(7-5-13)20(2)3/h4-7,15H,8-12H2,1-3H3,(H,18,22)(H,19,23)/p+1/t15-/m1/s1. The minimum Gasteiger partial charge on any atom is -0.378 e. The molecule has 1 fully saturated rings. The van der Waals surface area contributed by atoms with Gasteiger partial charge in [-0.25, -0.2) is 0 Å². The number of quaternary nitrogens is 1. The summed E-state index contributed by atoms with van der Waals surface area (Å²) < 4.78 is 5.44. The van der Waals surface area contributed by atoms with E-state index in [0.717, 1.165) is 24.3 Å². The lowest BCUT2D eigenvalue weighted by atomic mass is 10.0. The van der Waals surface area contributed by atoms with Crippen LogP contribution in [0.1, 0.15) is 11.6 Å². The van der Waals surface area contributed by atoms with Gasteiger partial charge in [-0.15, -0.1) is 0 Å². The van der Waals surface area contributed by atoms with E-state index in [1.54, 1.807) is 0 Å². The van der Waals surface area contributed by atoms with Crippen LogP contribution in [0.15, 0.2) is 24.3 Å². The molecule has 1 heterocycles. The van der Waals surface area contributed by atoms with Crippen molar-refractivity contribution in [3.05, 3.63) is 29.8 Å². The Labute approximate surface area is 142 Å². The molecule has 1 saturated heterocycles. The number of hydrogen-bond acceptors (Lipinski definition) is 4. The van der Waals surface area contributed by atoms with Crippen molar-refractivity contribution in [3.8, 4) is 0 Å². The highest BCUT2D eigenvalue weighted by Crippen LogP contribution is 2.16. The normalized spacial score (nSPS) is 16.3. The molecule has 0 saturated carbocycles. The van der Waals surface area contributed by atoms with Crippen molar-refractivity contribution < 1.29 is 19.2 Å². The van der Waals surface area contributed by atoms with Crippen LogP contribution in [0.25, 0.3) is 0 Å². The zero-order valence-electron chi connectivity index (χ0n) is 14.6. The summed E-state index contributed by atoms with van der Waals surface area (Å²) in [5.74, 6) is -1.21. The van der Waals surface area contributed by atoms with Gasteiger partial charge in [0.1, 0.15) is 19.1 Å². The number of likely N-dealkylation sites (N-methyl/N-ethyl adjacent to an activating group) is 1. The number of carbonyl (C=O) groups is 2. The Kier molecular flexibility index (Phi) is 6.57. The van der Waals surface area contributed by atoms with E-state index in [-0.39, 0.29) is 6.04 Å². The monoisotopic (exact) mass is 335 g/mol. The average Bonchev–Trinajstić information content (AvgIpc) is 2.62. The Morgan fingerprint density at radius 3 is 2.33 bits per heavy atom. The van der Waals surface area contributed by atoms with Crippen molar-refractivity contribution >= 4 is 17.5 Å². The van der Waals surface area contributed by atoms with Gasteiger partial charge in [0, 0.05) is 32.4 Å². The maximum Gasteiger partial charge on any atom is 0.309 e. The number of benzene rings is 1. The molecular weight excluding hydrogens is 308 g/mol. The highest BCUT2D eigenvalue weighted by molar-refractivity contribution is 6.35. The molecule has 7 heteroatoms. The Hall–Kier alpha value is -2.12. The van der Waals surface area contributed by atoms with Crippen molar-refractivity contribution in [3.63, 3.8) is 0 Å². The number of ether oxygens (including phenoxy) is 1. The zero-order chi connectivity index (χ0) is 17.5. The second kappa shape index (κ2) is 8.65. The van der Waals surface area contributed by atoms with Crippen LogP contribution in [0.2, 0.25) is 0 Å². The highest BCUT2D eigenvalue weighted by Gasteiger charge is 2.27. The Bertz CT molecular complexity index is 553. The highest BCUT2D eigenvalue weighted by atomic mass is 16.5. The van der Waals surface area contributed by atoms with Crippen molar-refractivity contribution in [2.24, 2.45) is 0 Å². The number of hydrogen-bond donors (Lipinski definition) is 3. The van der Waals surface area contributed by atoms with Crippen molar-refractivity contribution in [1.82, 2.24) is 10.6 Å². The molecule has 0 unspecified atom stereocenters. The first-order valence-corrected chi connectivity index (χ1v) is 8.22. The molecule has 1 aliphatic heterocycles. The van der Waals surface area contributed by atoms with Crippen LogP contribution in [0, 0.1) is 0 Å². The fourth-order valence-electron chi connectivity index (χ4n) is 2.87. The van der Waals surface area contributed by atoms with Crippen molar-refractivity contribution in [1.29, 1.82) is 0 Å². The maximum atomic E-state index is 11.8. The summed E-state index contributed by atoms with van der Waals surface area (Å²) in [4.78, 5) is 26.6. The second-order valence-electron chi connectivity index (χ2n) is 6.10. The fraction of sp³-hybridized carbons (Fsp3) is 0.529. The van der Waals surface area contributed by atoms with E-state index < -0.39 is 11.8 Å². The third kappa shape index (κ3) is 4.69. The van der Waals surface area contributed by atoms with Crippen LogP contribution in [0.5, 0.6) is 0 Å². The van der Waals surface area contributed by atoms with Crippen LogP contribution in [0.4, 0.5) is 5.69 Å². The molecule has 1 atom stereocenters. The number of anilines is 1. The first kappa shape index (κ1) is 18.2. The van der Waals surface area contributed by atoms with E-state index in [9.17, 15) is 9.59 Å². The molecule has 3 N–H and O–H groups in total. The molecule has 0 aromatic heterocycles. The lowest BCUT2D eigenvalue weighted by molar-refractivity contribution is -0.937. The summed E-state index contributed by atoms with van der Waals surface area (Å²) >= 11 is 0. The Morgan fingerprint density at radius 2 is 1.79 bits per heavy atom. The van der Waals surface area contributed by atoms with Crippen LogP contribution >= 0.6 is 0 Å². The Morgan fingerprint density at radius 1 is 1.17 bits per heavy atom. The predicted molar refractivity (Wildman–Crippen MR) is 92.1 cm³/mol. The van der Waals surface area contributed by atoms with Gasteiger partial charge in [-0.1, -0.05) is 12.1 Å². The van der Waals surface area contributed by atoms with Gasteiger partial charge in [0.15, 0.2) is 0 Å². The van der Waals surface area contributed by atoms with E-state index in [1.165, 1.54) is 11.9 Å². The van der Waals surface area contributed by atoms with Gasteiger partial charge >= 0.3 is 11.8 Å². The summed E-state index contributed by atoms with van der Waals surface area (Å²) in [5, 5.41) is 5.09. The number of rotatable bonds is 5. The van der Waals surface area contributed by atoms with E-state index in [2.05, 4.69) is 34.9 Å². The van der Waals surface area contributed by atoms with Crippen LogP contribution in [-0.2, 0) is 14.3 Å². The molecule has 7 nitrogen and oxygen atoms in total. The van der Waals surface area contributed by atoms with Gasteiger partial charge in [-0.05, 0) is 12.1 Å².